The Hall–Kier alpha value is -0.750. The number of rotatable bonds is 2. The van der Waals surface area contributed by atoms with Gasteiger partial charge in [0.05, 0.1) is 14.5 Å². The third-order valence-electron chi connectivity index (χ3n) is 2.26. The van der Waals surface area contributed by atoms with Crippen LogP contribution >= 0.6 is 55.1 Å². The van der Waals surface area contributed by atoms with Crippen LogP contribution in [0, 0.1) is 0 Å². The van der Waals surface area contributed by atoms with E-state index in [0.29, 0.717) is 26.0 Å². The molecule has 1 amide bonds. The molecule has 2 aromatic rings. The fraction of sp³-hybridized carbons (Fsp3) is 0. The first kappa shape index (κ1) is 15.6. The minimum Gasteiger partial charge on any atom is -0.409 e. The van der Waals surface area contributed by atoms with Gasteiger partial charge < -0.3 is 4.74 Å². The third kappa shape index (κ3) is 4.12. The van der Waals surface area contributed by atoms with E-state index >= 15 is 0 Å². The van der Waals surface area contributed by atoms with Crippen LogP contribution < -0.4 is 10.1 Å². The van der Waals surface area contributed by atoms with Crippen LogP contribution in [0.4, 0.5) is 10.5 Å². The standard InChI is InChI=1S/C13H7Br2Cl2NO2/c14-7-1-4-12(9(15)5-7)20-13(19)18-8-2-3-10(16)11(17)6-8/h1-6H,(H,18,19). The Bertz CT molecular complexity index is 665. The Balaban J connectivity index is 2.07. The van der Waals surface area contributed by atoms with Gasteiger partial charge in [-0.1, -0.05) is 39.1 Å². The van der Waals surface area contributed by atoms with E-state index in [0.717, 1.165) is 4.47 Å². The van der Waals surface area contributed by atoms with Crippen LogP contribution in [0.5, 0.6) is 5.75 Å². The van der Waals surface area contributed by atoms with Crippen LogP contribution in [0.2, 0.25) is 10.0 Å². The van der Waals surface area contributed by atoms with Crippen molar-refractivity contribution in [3.8, 4) is 5.75 Å². The monoisotopic (exact) mass is 437 g/mol. The highest BCUT2D eigenvalue weighted by Gasteiger charge is 2.09. The SMILES string of the molecule is O=C(Nc1ccc(Cl)c(Cl)c1)Oc1ccc(Br)cc1Br. The van der Waals surface area contributed by atoms with Gasteiger partial charge in [-0.2, -0.15) is 0 Å². The molecule has 0 spiro atoms. The zero-order chi connectivity index (χ0) is 14.7. The van der Waals surface area contributed by atoms with Crippen molar-refractivity contribution in [3.05, 3.63) is 55.4 Å². The van der Waals surface area contributed by atoms with Crippen molar-refractivity contribution in [2.75, 3.05) is 5.32 Å². The van der Waals surface area contributed by atoms with Crippen LogP contribution in [0.1, 0.15) is 0 Å². The summed E-state index contributed by atoms with van der Waals surface area (Å²) in [4.78, 5) is 11.8. The lowest BCUT2D eigenvalue weighted by atomic mass is 10.3. The molecule has 0 unspecified atom stereocenters. The molecule has 20 heavy (non-hydrogen) atoms. The fourth-order valence-corrected chi connectivity index (χ4v) is 2.80. The summed E-state index contributed by atoms with van der Waals surface area (Å²) in [6.45, 7) is 0. The summed E-state index contributed by atoms with van der Waals surface area (Å²) in [5, 5.41) is 3.34. The highest BCUT2D eigenvalue weighted by Crippen LogP contribution is 2.29. The maximum atomic E-state index is 11.8. The Kier molecular flexibility index (Phi) is 5.32. The maximum Gasteiger partial charge on any atom is 0.417 e. The summed E-state index contributed by atoms with van der Waals surface area (Å²) in [6.07, 6.45) is -0.619. The topological polar surface area (TPSA) is 38.3 Å². The third-order valence-corrected chi connectivity index (χ3v) is 4.11. The molecule has 0 aliphatic rings. The first-order valence-corrected chi connectivity index (χ1v) is 7.69. The van der Waals surface area contributed by atoms with Crippen LogP contribution in [-0.2, 0) is 0 Å². The lowest BCUT2D eigenvalue weighted by molar-refractivity contribution is 0.215. The normalized spacial score (nSPS) is 10.2. The molecule has 0 atom stereocenters. The number of amides is 1. The Morgan fingerprint density at radius 3 is 2.45 bits per heavy atom. The molecule has 3 nitrogen and oxygen atoms in total. The molecule has 0 radical (unpaired) electrons. The lowest BCUT2D eigenvalue weighted by Crippen LogP contribution is -2.16. The minimum absolute atomic E-state index is 0.356. The van der Waals surface area contributed by atoms with Crippen molar-refractivity contribution < 1.29 is 9.53 Å². The maximum absolute atomic E-state index is 11.8. The van der Waals surface area contributed by atoms with E-state index in [1.165, 1.54) is 0 Å². The molecule has 0 heterocycles. The molecular weight excluding hydrogens is 433 g/mol. The molecule has 0 bridgehead atoms. The smallest absolute Gasteiger partial charge is 0.409 e. The second-order valence-corrected chi connectivity index (χ2v) is 6.30. The van der Waals surface area contributed by atoms with E-state index in [4.69, 9.17) is 27.9 Å². The summed E-state index contributed by atoms with van der Waals surface area (Å²) >= 11 is 18.3. The molecule has 0 saturated heterocycles. The van der Waals surface area contributed by atoms with Gasteiger partial charge in [0, 0.05) is 10.2 Å². The van der Waals surface area contributed by atoms with Gasteiger partial charge in [-0.05, 0) is 52.3 Å². The number of carbonyl (C=O) groups is 1. The summed E-state index contributed by atoms with van der Waals surface area (Å²) in [6, 6.07) is 9.99. The first-order chi connectivity index (χ1) is 9.45. The van der Waals surface area contributed by atoms with E-state index in [1.807, 2.05) is 0 Å². The lowest BCUT2D eigenvalue weighted by Gasteiger charge is -2.09. The second-order valence-electron chi connectivity index (χ2n) is 3.72. The molecule has 104 valence electrons. The van der Waals surface area contributed by atoms with Gasteiger partial charge in [0.1, 0.15) is 5.75 Å². The van der Waals surface area contributed by atoms with Crippen LogP contribution in [0.3, 0.4) is 0 Å². The molecular formula is C13H7Br2Cl2NO2. The predicted octanol–water partition coefficient (Wildman–Crippen LogP) is 6.13. The van der Waals surface area contributed by atoms with Crippen molar-refractivity contribution in [2.45, 2.75) is 0 Å². The molecule has 0 aliphatic carbocycles. The van der Waals surface area contributed by atoms with Gasteiger partial charge >= 0.3 is 6.09 Å². The first-order valence-electron chi connectivity index (χ1n) is 5.34. The van der Waals surface area contributed by atoms with E-state index in [-0.39, 0.29) is 0 Å². The molecule has 0 aromatic heterocycles. The van der Waals surface area contributed by atoms with Gasteiger partial charge in [-0.25, -0.2) is 4.79 Å². The zero-order valence-corrected chi connectivity index (χ0v) is 14.5. The van der Waals surface area contributed by atoms with E-state index in [1.54, 1.807) is 36.4 Å². The largest absolute Gasteiger partial charge is 0.417 e. The summed E-state index contributed by atoms with van der Waals surface area (Å²) in [5.74, 6) is 0.408. The Morgan fingerprint density at radius 2 is 1.80 bits per heavy atom. The number of halogens is 4. The number of hydrogen-bond acceptors (Lipinski definition) is 2. The fourth-order valence-electron chi connectivity index (χ4n) is 1.38. The van der Waals surface area contributed by atoms with Crippen LogP contribution in [0.25, 0.3) is 0 Å². The van der Waals surface area contributed by atoms with Crippen molar-refractivity contribution in [1.82, 2.24) is 0 Å². The quantitative estimate of drug-likeness (QED) is 0.611. The second kappa shape index (κ2) is 6.80. The molecule has 1 N–H and O–H groups in total. The van der Waals surface area contributed by atoms with Gasteiger partial charge in [0.25, 0.3) is 0 Å². The predicted molar refractivity (Wildman–Crippen MR) is 88.0 cm³/mol. The Morgan fingerprint density at radius 1 is 1.05 bits per heavy atom. The van der Waals surface area contributed by atoms with Crippen molar-refractivity contribution >= 4 is 66.8 Å². The van der Waals surface area contributed by atoms with E-state index in [9.17, 15) is 4.79 Å². The summed E-state index contributed by atoms with van der Waals surface area (Å²) in [7, 11) is 0. The Labute approximate surface area is 142 Å². The average molecular weight is 440 g/mol. The highest BCUT2D eigenvalue weighted by atomic mass is 79.9. The minimum atomic E-state index is -0.619. The number of hydrogen-bond donors (Lipinski definition) is 1. The molecule has 0 saturated carbocycles. The number of nitrogens with one attached hydrogen (secondary N) is 1. The van der Waals surface area contributed by atoms with Crippen LogP contribution in [0.15, 0.2) is 45.3 Å². The summed E-state index contributed by atoms with van der Waals surface area (Å²) in [5.41, 5.74) is 0.498. The number of benzene rings is 2. The summed E-state index contributed by atoms with van der Waals surface area (Å²) < 4.78 is 6.72. The molecule has 2 rings (SSSR count). The van der Waals surface area contributed by atoms with Gasteiger partial charge in [0.2, 0.25) is 0 Å². The van der Waals surface area contributed by atoms with Crippen LogP contribution in [-0.4, -0.2) is 6.09 Å². The van der Waals surface area contributed by atoms with Crippen molar-refractivity contribution in [1.29, 1.82) is 0 Å². The molecule has 7 heteroatoms. The van der Waals surface area contributed by atoms with E-state index in [2.05, 4.69) is 37.2 Å². The van der Waals surface area contributed by atoms with Gasteiger partial charge in [-0.15, -0.1) is 0 Å². The highest BCUT2D eigenvalue weighted by molar-refractivity contribution is 9.11. The number of ether oxygens (including phenoxy) is 1. The molecule has 0 aliphatic heterocycles. The van der Waals surface area contributed by atoms with E-state index < -0.39 is 6.09 Å². The van der Waals surface area contributed by atoms with Crippen molar-refractivity contribution in [3.63, 3.8) is 0 Å². The molecule has 2 aromatic carbocycles. The van der Waals surface area contributed by atoms with Crippen molar-refractivity contribution in [2.24, 2.45) is 0 Å². The number of carbonyl (C=O) groups excluding carboxylic acids is 1. The number of anilines is 1. The average Bonchev–Trinajstić information content (AvgIpc) is 2.37. The molecule has 0 fully saturated rings. The zero-order valence-electron chi connectivity index (χ0n) is 9.79. The van der Waals surface area contributed by atoms with Gasteiger partial charge in [-0.3, -0.25) is 5.32 Å². The van der Waals surface area contributed by atoms with Gasteiger partial charge in [0.15, 0.2) is 0 Å².